The summed E-state index contributed by atoms with van der Waals surface area (Å²) in [5.74, 6) is -8.53. The minimum atomic E-state index is -5.08. The van der Waals surface area contributed by atoms with Crippen LogP contribution in [0.5, 0.6) is 0 Å². The number of hydrogen-bond donors (Lipinski definition) is 8. The van der Waals surface area contributed by atoms with Gasteiger partial charge in [-0.3, -0.25) is 9.59 Å². The lowest BCUT2D eigenvalue weighted by Crippen LogP contribution is -2.41. The zero-order valence-corrected chi connectivity index (χ0v) is 26.8. The van der Waals surface area contributed by atoms with E-state index < -0.39 is 42.5 Å². The molecular weight excluding hydrogens is 705 g/mol. The van der Waals surface area contributed by atoms with E-state index in [1.54, 1.807) is 0 Å². The van der Waals surface area contributed by atoms with Crippen LogP contribution in [0.2, 0.25) is 0 Å². The van der Waals surface area contributed by atoms with Crippen LogP contribution in [0.15, 0.2) is 30.3 Å². The summed E-state index contributed by atoms with van der Waals surface area (Å²) < 4.78 is 95.2. The first-order valence-corrected chi connectivity index (χ1v) is 14.7. The number of carboxylic acid groups (broad SMARTS) is 3. The highest BCUT2D eigenvalue weighted by Gasteiger charge is 2.39. The van der Waals surface area contributed by atoms with Crippen molar-refractivity contribution in [1.29, 1.82) is 0 Å². The van der Waals surface area contributed by atoms with Crippen molar-refractivity contribution >= 4 is 29.7 Å². The molecule has 0 fully saturated rings. The average Bonchev–Trinajstić information content (AvgIpc) is 3.00. The number of benzene rings is 1. The minimum Gasteiger partial charge on any atom is -0.475 e. The zero-order chi connectivity index (χ0) is 39.4. The predicted molar refractivity (Wildman–Crippen MR) is 160 cm³/mol. The molecule has 9 N–H and O–H groups in total. The van der Waals surface area contributed by atoms with E-state index in [1.165, 1.54) is 0 Å². The van der Waals surface area contributed by atoms with E-state index in [4.69, 9.17) is 35.4 Å². The number of nitrogens with two attached hydrogens (primary N) is 1. The summed E-state index contributed by atoms with van der Waals surface area (Å²) in [5, 5.41) is 33.9. The van der Waals surface area contributed by atoms with Crippen molar-refractivity contribution in [1.82, 2.24) is 21.3 Å². The van der Waals surface area contributed by atoms with E-state index in [2.05, 4.69) is 21.3 Å². The van der Waals surface area contributed by atoms with Gasteiger partial charge in [-0.2, -0.15) is 39.5 Å². The molecule has 0 aliphatic carbocycles. The lowest BCUT2D eigenvalue weighted by Gasteiger charge is -2.19. The number of amides is 2. The van der Waals surface area contributed by atoms with Crippen molar-refractivity contribution in [2.75, 3.05) is 39.3 Å². The second kappa shape index (κ2) is 27.6. The van der Waals surface area contributed by atoms with E-state index in [-0.39, 0.29) is 11.8 Å². The van der Waals surface area contributed by atoms with E-state index >= 15 is 0 Å². The topological polar surface area (TPSA) is 220 Å². The smallest absolute Gasteiger partial charge is 0.475 e. The highest BCUT2D eigenvalue weighted by atomic mass is 19.4. The number of hydrogen-bond acceptors (Lipinski definition) is 8. The highest BCUT2D eigenvalue weighted by molar-refractivity contribution is 5.88. The van der Waals surface area contributed by atoms with Crippen LogP contribution >= 0.6 is 0 Å². The first-order valence-electron chi connectivity index (χ1n) is 14.7. The van der Waals surface area contributed by atoms with Crippen LogP contribution in [0, 0.1) is 0 Å². The summed E-state index contributed by atoms with van der Waals surface area (Å²) in [6, 6.07) is 8.73. The van der Waals surface area contributed by atoms with Gasteiger partial charge < -0.3 is 42.3 Å². The monoisotopic (exact) mass is 747 g/mol. The molecule has 1 aromatic rings. The van der Waals surface area contributed by atoms with Gasteiger partial charge in [0.2, 0.25) is 11.8 Å². The Labute approximate surface area is 281 Å². The van der Waals surface area contributed by atoms with Crippen LogP contribution < -0.4 is 27.0 Å². The fourth-order valence-electron chi connectivity index (χ4n) is 2.91. The molecular formula is C28H42F9N5O8. The molecule has 1 aromatic carbocycles. The SMILES string of the molecule is CCCC(=O)N[C@H](C(=O)NCCCNCCCCNCCCN)c1ccccc1.O=C(O)C(F)(F)F.O=C(O)C(F)(F)F.O=C(O)C(F)(F)F. The van der Waals surface area contributed by atoms with Gasteiger partial charge in [0.1, 0.15) is 6.04 Å². The molecule has 0 heterocycles. The Hall–Kier alpha value is -4.18. The molecule has 2 amide bonds. The number of carbonyl (C=O) groups is 5. The van der Waals surface area contributed by atoms with Gasteiger partial charge in [0.25, 0.3) is 0 Å². The van der Waals surface area contributed by atoms with Crippen molar-refractivity contribution < 1.29 is 78.8 Å². The lowest BCUT2D eigenvalue weighted by molar-refractivity contribution is -0.193. The molecule has 0 saturated heterocycles. The molecule has 0 spiro atoms. The molecule has 22 heteroatoms. The van der Waals surface area contributed by atoms with Crippen molar-refractivity contribution in [2.45, 2.75) is 70.0 Å². The Morgan fingerprint density at radius 2 is 1.04 bits per heavy atom. The van der Waals surface area contributed by atoms with Crippen LogP contribution in [0.1, 0.15) is 57.1 Å². The predicted octanol–water partition coefficient (Wildman–Crippen LogP) is 3.36. The molecule has 0 aliphatic heterocycles. The van der Waals surface area contributed by atoms with Crippen molar-refractivity contribution in [3.05, 3.63) is 35.9 Å². The number of rotatable bonds is 17. The van der Waals surface area contributed by atoms with Gasteiger partial charge in [-0.25, -0.2) is 14.4 Å². The van der Waals surface area contributed by atoms with Crippen LogP contribution in [0.25, 0.3) is 0 Å². The summed E-state index contributed by atoms with van der Waals surface area (Å²) in [6.45, 7) is 7.13. The molecule has 0 saturated carbocycles. The molecule has 0 aromatic heterocycles. The standard InChI is InChI=1S/C22H39N5O2.3C2HF3O2/c1-2-10-20(28)27-21(19-11-4-3-5-12-19)22(29)26-18-9-17-25-15-7-6-14-24-16-8-13-23;3*3-2(4,5)1(6)7/h3-5,11-12,21,24-25H,2,6-10,13-18,23H2,1H3,(H,26,29)(H,27,28);3*(H,6,7)/t21-;;;/m0.../s1. The van der Waals surface area contributed by atoms with Crippen molar-refractivity contribution in [3.8, 4) is 0 Å². The van der Waals surface area contributed by atoms with E-state index in [0.29, 0.717) is 13.0 Å². The number of unbranched alkanes of at least 4 members (excludes halogenated alkanes) is 1. The van der Waals surface area contributed by atoms with Crippen LogP contribution in [0.3, 0.4) is 0 Å². The number of carboxylic acids is 3. The quantitative estimate of drug-likeness (QED) is 0.0853. The van der Waals surface area contributed by atoms with E-state index in [9.17, 15) is 49.1 Å². The minimum absolute atomic E-state index is 0.101. The molecule has 50 heavy (non-hydrogen) atoms. The summed E-state index contributed by atoms with van der Waals surface area (Å²) in [6.07, 6.45) is -9.93. The number of alkyl halides is 9. The Morgan fingerprint density at radius 3 is 1.40 bits per heavy atom. The second-order valence-corrected chi connectivity index (χ2v) is 9.56. The molecule has 13 nitrogen and oxygen atoms in total. The van der Waals surface area contributed by atoms with E-state index in [0.717, 1.165) is 70.4 Å². The molecule has 0 radical (unpaired) electrons. The number of aliphatic carboxylic acids is 3. The van der Waals surface area contributed by atoms with Gasteiger partial charge in [-0.1, -0.05) is 37.3 Å². The largest absolute Gasteiger partial charge is 0.490 e. The Bertz CT molecular complexity index is 1050. The Morgan fingerprint density at radius 1 is 0.660 bits per heavy atom. The van der Waals surface area contributed by atoms with Gasteiger partial charge in [0, 0.05) is 13.0 Å². The third-order valence-electron chi connectivity index (χ3n) is 5.25. The third kappa shape index (κ3) is 31.1. The Balaban J connectivity index is -0.000000846. The molecule has 0 unspecified atom stereocenters. The first-order chi connectivity index (χ1) is 23.0. The molecule has 1 atom stereocenters. The lowest BCUT2D eigenvalue weighted by atomic mass is 10.1. The number of halogens is 9. The molecule has 1 rings (SSSR count). The highest BCUT2D eigenvalue weighted by Crippen LogP contribution is 2.15. The normalized spacial score (nSPS) is 11.6. The van der Waals surface area contributed by atoms with Gasteiger partial charge in [-0.15, -0.1) is 0 Å². The maximum absolute atomic E-state index is 12.6. The van der Waals surface area contributed by atoms with Crippen LogP contribution in [0.4, 0.5) is 39.5 Å². The maximum Gasteiger partial charge on any atom is 0.490 e. The van der Waals surface area contributed by atoms with Crippen molar-refractivity contribution in [2.24, 2.45) is 5.73 Å². The van der Waals surface area contributed by atoms with E-state index in [1.807, 2.05) is 37.3 Å². The fourth-order valence-corrected chi connectivity index (χ4v) is 2.91. The van der Waals surface area contributed by atoms with Gasteiger partial charge in [-0.05, 0) is 70.4 Å². The molecule has 290 valence electrons. The van der Waals surface area contributed by atoms with Gasteiger partial charge >= 0.3 is 36.4 Å². The summed E-state index contributed by atoms with van der Waals surface area (Å²) in [5.41, 5.74) is 6.25. The molecule has 0 aliphatic rings. The Kier molecular flexibility index (Phi) is 27.7. The second-order valence-electron chi connectivity index (χ2n) is 9.56. The maximum atomic E-state index is 12.6. The average molecular weight is 748 g/mol. The first kappa shape index (κ1) is 50.2. The summed E-state index contributed by atoms with van der Waals surface area (Å²) in [7, 11) is 0. The number of carbonyl (C=O) groups excluding carboxylic acids is 2. The van der Waals surface area contributed by atoms with Crippen molar-refractivity contribution in [3.63, 3.8) is 0 Å². The summed E-state index contributed by atoms with van der Waals surface area (Å²) >= 11 is 0. The van der Waals surface area contributed by atoms with Gasteiger partial charge in [0.05, 0.1) is 0 Å². The third-order valence-corrected chi connectivity index (χ3v) is 5.25. The fraction of sp³-hybridized carbons (Fsp3) is 0.607. The number of nitrogens with one attached hydrogen (secondary N) is 4. The van der Waals surface area contributed by atoms with Crippen LogP contribution in [-0.4, -0.2) is 103 Å². The zero-order valence-electron chi connectivity index (χ0n) is 26.8. The van der Waals surface area contributed by atoms with Gasteiger partial charge in [0.15, 0.2) is 0 Å². The molecule has 0 bridgehead atoms. The summed E-state index contributed by atoms with van der Waals surface area (Å²) in [4.78, 5) is 51.3. The van der Waals surface area contributed by atoms with Crippen LogP contribution in [-0.2, 0) is 24.0 Å².